The number of amides is 1. The van der Waals surface area contributed by atoms with Gasteiger partial charge in [0.25, 0.3) is 5.91 Å². The Morgan fingerprint density at radius 1 is 1.47 bits per heavy atom. The van der Waals surface area contributed by atoms with Crippen LogP contribution >= 0.6 is 11.8 Å². The number of hydroxylamine groups is 2. The molecule has 1 aromatic rings. The van der Waals surface area contributed by atoms with Crippen molar-refractivity contribution >= 4 is 23.6 Å². The lowest BCUT2D eigenvalue weighted by Crippen LogP contribution is -2.51. The summed E-state index contributed by atoms with van der Waals surface area (Å²) in [6, 6.07) is 9.98. The first kappa shape index (κ1) is 12.0. The second-order valence-electron chi connectivity index (χ2n) is 3.76. The van der Waals surface area contributed by atoms with Gasteiger partial charge in [-0.1, -0.05) is 30.3 Å². The molecule has 1 atom stereocenters. The van der Waals surface area contributed by atoms with E-state index in [9.17, 15) is 9.59 Å². The molecule has 0 spiro atoms. The molecule has 0 bridgehead atoms. The van der Waals surface area contributed by atoms with Crippen LogP contribution in [0.25, 0.3) is 0 Å². The normalized spacial score (nSPS) is 18.8. The van der Waals surface area contributed by atoms with E-state index in [1.807, 2.05) is 30.3 Å². The lowest BCUT2D eigenvalue weighted by molar-refractivity contribution is -0.214. The molecule has 0 unspecified atom stereocenters. The number of nitrogens with zero attached hydrogens (tertiary/aromatic N) is 1. The summed E-state index contributed by atoms with van der Waals surface area (Å²) in [5.74, 6) is 0.213. The van der Waals surface area contributed by atoms with Gasteiger partial charge in [0.1, 0.15) is 5.37 Å². The van der Waals surface area contributed by atoms with Gasteiger partial charge in [-0.2, -0.15) is 5.06 Å². The molecule has 1 aromatic carbocycles. The molecule has 1 amide bonds. The van der Waals surface area contributed by atoms with Crippen molar-refractivity contribution < 1.29 is 14.4 Å². The number of carbonyl (C=O) groups is 2. The second-order valence-corrected chi connectivity index (χ2v) is 4.92. The van der Waals surface area contributed by atoms with Gasteiger partial charge >= 0.3 is 5.97 Å². The first-order valence-corrected chi connectivity index (χ1v) is 6.38. The monoisotopic (exact) mass is 251 g/mol. The molecule has 2 rings (SSSR count). The van der Waals surface area contributed by atoms with Crippen LogP contribution in [-0.4, -0.2) is 22.3 Å². The molecule has 90 valence electrons. The minimum Gasteiger partial charge on any atom is -0.337 e. The molecule has 4 nitrogen and oxygen atoms in total. The Kier molecular flexibility index (Phi) is 3.68. The van der Waals surface area contributed by atoms with Crippen molar-refractivity contribution in [1.82, 2.24) is 5.06 Å². The summed E-state index contributed by atoms with van der Waals surface area (Å²) in [5, 5.41) is 1.11. The molecule has 1 fully saturated rings. The average molecular weight is 251 g/mol. The van der Waals surface area contributed by atoms with Crippen molar-refractivity contribution in [2.24, 2.45) is 0 Å². The van der Waals surface area contributed by atoms with E-state index in [1.165, 1.54) is 12.5 Å². The highest BCUT2D eigenvalue weighted by Gasteiger charge is 2.39. The highest BCUT2D eigenvalue weighted by molar-refractivity contribution is 7.99. The van der Waals surface area contributed by atoms with E-state index in [4.69, 9.17) is 4.84 Å². The maximum atomic E-state index is 11.2. The predicted octanol–water partition coefficient (Wildman–Crippen LogP) is 1.96. The number of rotatable bonds is 4. The Balaban J connectivity index is 1.84. The summed E-state index contributed by atoms with van der Waals surface area (Å²) in [6.07, 6.45) is 0.435. The SMILES string of the molecule is CC(=O)ON1C(=O)C[C@@H]1SCc1ccccc1. The lowest BCUT2D eigenvalue weighted by Gasteiger charge is -2.36. The van der Waals surface area contributed by atoms with Crippen molar-refractivity contribution in [3.05, 3.63) is 35.9 Å². The van der Waals surface area contributed by atoms with E-state index in [0.29, 0.717) is 6.42 Å². The van der Waals surface area contributed by atoms with Crippen LogP contribution < -0.4 is 0 Å². The number of hydrogen-bond donors (Lipinski definition) is 0. The predicted molar refractivity (Wildman–Crippen MR) is 64.8 cm³/mol. The van der Waals surface area contributed by atoms with Gasteiger partial charge in [0.2, 0.25) is 0 Å². The Hall–Kier alpha value is -1.49. The summed E-state index contributed by atoms with van der Waals surface area (Å²) in [6.45, 7) is 1.30. The van der Waals surface area contributed by atoms with Crippen LogP contribution in [0.1, 0.15) is 18.9 Å². The highest BCUT2D eigenvalue weighted by atomic mass is 32.2. The summed E-state index contributed by atoms with van der Waals surface area (Å²) < 4.78 is 0. The van der Waals surface area contributed by atoms with Crippen LogP contribution in [0, 0.1) is 0 Å². The van der Waals surface area contributed by atoms with Crippen molar-refractivity contribution in [3.63, 3.8) is 0 Å². The fourth-order valence-corrected chi connectivity index (χ4v) is 2.65. The minimum absolute atomic E-state index is 0.0494. The van der Waals surface area contributed by atoms with E-state index in [-0.39, 0.29) is 11.3 Å². The molecule has 0 aliphatic carbocycles. The van der Waals surface area contributed by atoms with Crippen LogP contribution in [0.2, 0.25) is 0 Å². The molecular weight excluding hydrogens is 238 g/mol. The third-order valence-electron chi connectivity index (χ3n) is 2.37. The molecule has 0 aromatic heterocycles. The van der Waals surface area contributed by atoms with E-state index in [1.54, 1.807) is 11.8 Å². The van der Waals surface area contributed by atoms with Crippen LogP contribution in [0.4, 0.5) is 0 Å². The molecule has 1 aliphatic rings. The summed E-state index contributed by atoms with van der Waals surface area (Å²) >= 11 is 1.60. The highest BCUT2D eigenvalue weighted by Crippen LogP contribution is 2.31. The van der Waals surface area contributed by atoms with E-state index < -0.39 is 5.97 Å². The van der Waals surface area contributed by atoms with Crippen molar-refractivity contribution in [1.29, 1.82) is 0 Å². The van der Waals surface area contributed by atoms with Gasteiger partial charge in [-0.25, -0.2) is 0 Å². The van der Waals surface area contributed by atoms with Crippen molar-refractivity contribution in [2.75, 3.05) is 0 Å². The molecule has 5 heteroatoms. The number of hydrogen-bond acceptors (Lipinski definition) is 4. The first-order chi connectivity index (χ1) is 8.16. The largest absolute Gasteiger partial charge is 0.337 e. The fraction of sp³-hybridized carbons (Fsp3) is 0.333. The maximum Gasteiger partial charge on any atom is 0.329 e. The van der Waals surface area contributed by atoms with Gasteiger partial charge in [0.15, 0.2) is 0 Å². The molecule has 1 aliphatic heterocycles. The maximum absolute atomic E-state index is 11.2. The Morgan fingerprint density at radius 3 is 2.76 bits per heavy atom. The molecular formula is C12H13NO3S. The summed E-state index contributed by atoms with van der Waals surface area (Å²) in [7, 11) is 0. The summed E-state index contributed by atoms with van der Waals surface area (Å²) in [4.78, 5) is 26.8. The average Bonchev–Trinajstić information content (AvgIpc) is 2.33. The van der Waals surface area contributed by atoms with Gasteiger partial charge in [0.05, 0.1) is 6.42 Å². The first-order valence-electron chi connectivity index (χ1n) is 5.33. The van der Waals surface area contributed by atoms with Crippen LogP contribution in [0.15, 0.2) is 30.3 Å². The van der Waals surface area contributed by atoms with Gasteiger partial charge < -0.3 is 4.84 Å². The van der Waals surface area contributed by atoms with E-state index in [2.05, 4.69) is 0 Å². The Morgan fingerprint density at radius 2 is 2.18 bits per heavy atom. The van der Waals surface area contributed by atoms with Gasteiger partial charge in [-0.3, -0.25) is 9.59 Å². The van der Waals surface area contributed by atoms with Crippen LogP contribution in [-0.2, 0) is 20.2 Å². The quantitative estimate of drug-likeness (QED) is 0.767. The van der Waals surface area contributed by atoms with Gasteiger partial charge in [-0.15, -0.1) is 11.8 Å². The molecule has 17 heavy (non-hydrogen) atoms. The molecule has 1 saturated heterocycles. The standard InChI is InChI=1S/C12H13NO3S/c1-9(14)16-13-11(15)7-12(13)17-8-10-5-3-2-4-6-10/h2-6,12H,7-8H2,1H3/t12-/m0/s1. The molecule has 0 radical (unpaired) electrons. The summed E-state index contributed by atoms with van der Waals surface area (Å²) in [5.41, 5.74) is 1.19. The fourth-order valence-electron chi connectivity index (χ4n) is 1.51. The molecule has 0 N–H and O–H groups in total. The molecule has 1 heterocycles. The zero-order valence-corrected chi connectivity index (χ0v) is 10.3. The molecule has 0 saturated carbocycles. The minimum atomic E-state index is -0.455. The van der Waals surface area contributed by atoms with Crippen LogP contribution in [0.5, 0.6) is 0 Å². The Bertz CT molecular complexity index is 421. The van der Waals surface area contributed by atoms with E-state index in [0.717, 1.165) is 10.8 Å². The zero-order valence-electron chi connectivity index (χ0n) is 9.46. The number of β-lactam (4-membered cyclic amide) rings is 1. The number of thioether (sulfide) groups is 1. The van der Waals surface area contributed by atoms with Gasteiger partial charge in [-0.05, 0) is 5.56 Å². The smallest absolute Gasteiger partial charge is 0.329 e. The number of benzene rings is 1. The van der Waals surface area contributed by atoms with Crippen LogP contribution in [0.3, 0.4) is 0 Å². The number of carbonyl (C=O) groups excluding carboxylic acids is 2. The third kappa shape index (κ3) is 3.00. The topological polar surface area (TPSA) is 46.6 Å². The van der Waals surface area contributed by atoms with Crippen molar-refractivity contribution in [2.45, 2.75) is 24.5 Å². The second kappa shape index (κ2) is 5.23. The zero-order chi connectivity index (χ0) is 12.3. The van der Waals surface area contributed by atoms with Gasteiger partial charge in [0, 0.05) is 12.7 Å². The van der Waals surface area contributed by atoms with E-state index >= 15 is 0 Å². The van der Waals surface area contributed by atoms with Crippen molar-refractivity contribution in [3.8, 4) is 0 Å². The third-order valence-corrected chi connectivity index (χ3v) is 3.61. The lowest BCUT2D eigenvalue weighted by atomic mass is 10.2. The Labute approximate surface area is 104 Å².